The highest BCUT2D eigenvalue weighted by Gasteiger charge is 2.20. The second kappa shape index (κ2) is 9.91. The van der Waals surface area contributed by atoms with E-state index in [0.717, 1.165) is 10.5 Å². The fourth-order valence-electron chi connectivity index (χ4n) is 2.14. The molecule has 144 valence electrons. The van der Waals surface area contributed by atoms with E-state index in [9.17, 15) is 18.4 Å². The predicted octanol–water partition coefficient (Wildman–Crippen LogP) is 4.26. The number of thioether (sulfide) groups is 1. The molecule has 8 heteroatoms. The summed E-state index contributed by atoms with van der Waals surface area (Å²) in [5, 5.41) is 2.42. The van der Waals surface area contributed by atoms with Gasteiger partial charge in [-0.3, -0.25) is 9.59 Å². The minimum Gasteiger partial charge on any atom is -0.452 e. The normalized spacial score (nSPS) is 11.7. The number of halogens is 2. The number of hydrogen-bond donors (Lipinski definition) is 1. The number of ether oxygens (including phenoxy) is 2. The van der Waals surface area contributed by atoms with Crippen molar-refractivity contribution in [3.63, 3.8) is 0 Å². The molecule has 0 saturated heterocycles. The molecule has 0 unspecified atom stereocenters. The van der Waals surface area contributed by atoms with Crippen LogP contribution in [-0.4, -0.2) is 30.3 Å². The van der Waals surface area contributed by atoms with Crippen molar-refractivity contribution in [2.75, 3.05) is 11.1 Å². The highest BCUT2D eigenvalue weighted by atomic mass is 32.2. The van der Waals surface area contributed by atoms with Gasteiger partial charge in [-0.15, -0.1) is 11.8 Å². The number of amides is 1. The second-order valence-corrected chi connectivity index (χ2v) is 6.57. The van der Waals surface area contributed by atoms with Crippen LogP contribution in [0.15, 0.2) is 53.4 Å². The summed E-state index contributed by atoms with van der Waals surface area (Å²) in [5.41, 5.74) is 1.11. The summed E-state index contributed by atoms with van der Waals surface area (Å²) < 4.78 is 34.3. The lowest BCUT2D eigenvalue weighted by molar-refractivity contribution is -0.150. The van der Waals surface area contributed by atoms with E-state index in [2.05, 4.69) is 10.1 Å². The zero-order valence-corrected chi connectivity index (χ0v) is 15.6. The maximum Gasteiger partial charge on any atom is 0.387 e. The minimum atomic E-state index is -3.02. The molecule has 0 heterocycles. The summed E-state index contributed by atoms with van der Waals surface area (Å²) in [5.74, 6) is -1.32. The summed E-state index contributed by atoms with van der Waals surface area (Å²) in [6, 6.07) is 13.4. The highest BCUT2D eigenvalue weighted by Crippen LogP contribution is 2.26. The van der Waals surface area contributed by atoms with Crippen molar-refractivity contribution < 1.29 is 27.8 Å². The Balaban J connectivity index is 1.88. The van der Waals surface area contributed by atoms with Crippen LogP contribution in [0.25, 0.3) is 0 Å². The third kappa shape index (κ3) is 6.56. The molecule has 0 fully saturated rings. The van der Waals surface area contributed by atoms with E-state index in [1.807, 2.05) is 31.2 Å². The quantitative estimate of drug-likeness (QED) is 0.535. The van der Waals surface area contributed by atoms with Crippen molar-refractivity contribution in [2.24, 2.45) is 0 Å². The van der Waals surface area contributed by atoms with Crippen LogP contribution >= 0.6 is 11.8 Å². The summed E-state index contributed by atoms with van der Waals surface area (Å²) in [6.45, 7) is 0.321. The Morgan fingerprint density at radius 2 is 1.78 bits per heavy atom. The van der Waals surface area contributed by atoms with E-state index in [4.69, 9.17) is 4.74 Å². The molecule has 1 amide bonds. The fourth-order valence-corrected chi connectivity index (χ4v) is 2.95. The fraction of sp³-hybridized carbons (Fsp3) is 0.263. The highest BCUT2D eigenvalue weighted by molar-refractivity contribution is 8.00. The zero-order chi connectivity index (χ0) is 19.8. The lowest BCUT2D eigenvalue weighted by atomic mass is 10.2. The summed E-state index contributed by atoms with van der Waals surface area (Å²) in [6.07, 6.45) is -1.09. The Morgan fingerprint density at radius 3 is 2.48 bits per heavy atom. The number of anilines is 1. The third-order valence-electron chi connectivity index (χ3n) is 3.48. The van der Waals surface area contributed by atoms with Crippen LogP contribution in [0.4, 0.5) is 14.5 Å². The van der Waals surface area contributed by atoms with Gasteiger partial charge in [-0.2, -0.15) is 8.78 Å². The van der Waals surface area contributed by atoms with Gasteiger partial charge in [-0.1, -0.05) is 30.3 Å². The van der Waals surface area contributed by atoms with Crippen LogP contribution < -0.4 is 10.1 Å². The van der Waals surface area contributed by atoms with Gasteiger partial charge in [0.25, 0.3) is 5.91 Å². The van der Waals surface area contributed by atoms with Gasteiger partial charge in [0.05, 0.1) is 11.4 Å². The standard InChI is InChI=1S/C19H19F2NO4S/c1-12-7-3-6-10-16(12)27-11-17(23)25-13(2)18(24)22-14-8-4-5-9-15(14)26-19(20)21/h3-10,13,19H,11H2,1-2H3,(H,22,24)/t13-/m0/s1. The molecule has 0 radical (unpaired) electrons. The third-order valence-corrected chi connectivity index (χ3v) is 4.63. The topological polar surface area (TPSA) is 64.6 Å². The molecule has 0 bridgehead atoms. The molecule has 1 atom stereocenters. The minimum absolute atomic E-state index is 0.0492. The maximum absolute atomic E-state index is 12.4. The smallest absolute Gasteiger partial charge is 0.387 e. The Bertz CT molecular complexity index is 801. The van der Waals surface area contributed by atoms with E-state index in [1.165, 1.54) is 36.9 Å². The van der Waals surface area contributed by atoms with Crippen molar-refractivity contribution in [1.82, 2.24) is 0 Å². The van der Waals surface area contributed by atoms with E-state index >= 15 is 0 Å². The van der Waals surface area contributed by atoms with Gasteiger partial charge < -0.3 is 14.8 Å². The van der Waals surface area contributed by atoms with Gasteiger partial charge in [0.15, 0.2) is 6.10 Å². The molecule has 0 aliphatic carbocycles. The van der Waals surface area contributed by atoms with Crippen molar-refractivity contribution in [1.29, 1.82) is 0 Å². The average Bonchev–Trinajstić information content (AvgIpc) is 2.62. The van der Waals surface area contributed by atoms with Crippen molar-refractivity contribution >= 4 is 29.3 Å². The van der Waals surface area contributed by atoms with Crippen LogP contribution in [0, 0.1) is 6.92 Å². The number of carbonyl (C=O) groups excluding carboxylic acids is 2. The van der Waals surface area contributed by atoms with Crippen molar-refractivity contribution in [2.45, 2.75) is 31.5 Å². The summed E-state index contributed by atoms with van der Waals surface area (Å²) in [4.78, 5) is 25.1. The van der Waals surface area contributed by atoms with Gasteiger partial charge in [-0.25, -0.2) is 0 Å². The molecule has 5 nitrogen and oxygen atoms in total. The van der Waals surface area contributed by atoms with E-state index in [-0.39, 0.29) is 17.2 Å². The van der Waals surface area contributed by atoms with Gasteiger partial charge in [-0.05, 0) is 37.6 Å². The Hall–Kier alpha value is -2.61. The lowest BCUT2D eigenvalue weighted by Gasteiger charge is -2.15. The van der Waals surface area contributed by atoms with Crippen molar-refractivity contribution in [3.8, 4) is 5.75 Å². The Kier molecular flexibility index (Phi) is 7.60. The molecule has 0 saturated carbocycles. The molecule has 0 aromatic heterocycles. The number of aryl methyl sites for hydroxylation is 1. The first kappa shape index (κ1) is 20.7. The van der Waals surface area contributed by atoms with Gasteiger partial charge in [0.2, 0.25) is 0 Å². The molecular weight excluding hydrogens is 376 g/mol. The van der Waals surface area contributed by atoms with Gasteiger partial charge in [0.1, 0.15) is 5.75 Å². The molecule has 2 rings (SSSR count). The van der Waals surface area contributed by atoms with Crippen LogP contribution in [0.5, 0.6) is 5.75 Å². The first-order valence-corrected chi connectivity index (χ1v) is 9.08. The SMILES string of the molecule is Cc1ccccc1SCC(=O)O[C@@H](C)C(=O)Nc1ccccc1OC(F)F. The first-order chi connectivity index (χ1) is 12.9. The molecule has 0 aliphatic heterocycles. The molecule has 1 N–H and O–H groups in total. The Labute approximate surface area is 160 Å². The predicted molar refractivity (Wildman–Crippen MR) is 99.2 cm³/mol. The van der Waals surface area contributed by atoms with E-state index < -0.39 is 24.6 Å². The summed E-state index contributed by atoms with van der Waals surface area (Å²) in [7, 11) is 0. The molecule has 0 aliphatic rings. The van der Waals surface area contributed by atoms with E-state index in [1.54, 1.807) is 6.07 Å². The number of benzene rings is 2. The zero-order valence-electron chi connectivity index (χ0n) is 14.8. The Morgan fingerprint density at radius 1 is 1.11 bits per heavy atom. The molecule has 2 aromatic rings. The van der Waals surface area contributed by atoms with Gasteiger partial charge >= 0.3 is 12.6 Å². The largest absolute Gasteiger partial charge is 0.452 e. The van der Waals surface area contributed by atoms with Crippen LogP contribution in [0.2, 0.25) is 0 Å². The lowest BCUT2D eigenvalue weighted by Crippen LogP contribution is -2.30. The molecule has 0 spiro atoms. The van der Waals surface area contributed by atoms with Gasteiger partial charge in [0, 0.05) is 4.90 Å². The number of nitrogens with one attached hydrogen (secondary N) is 1. The summed E-state index contributed by atoms with van der Waals surface area (Å²) >= 11 is 1.31. The monoisotopic (exact) mass is 395 g/mol. The number of carbonyl (C=O) groups is 2. The molecular formula is C19H19F2NO4S. The first-order valence-electron chi connectivity index (χ1n) is 8.09. The average molecular weight is 395 g/mol. The number of esters is 1. The number of hydrogen-bond acceptors (Lipinski definition) is 5. The van der Waals surface area contributed by atoms with Crippen LogP contribution in [0.1, 0.15) is 12.5 Å². The van der Waals surface area contributed by atoms with E-state index in [0.29, 0.717) is 0 Å². The molecule has 2 aromatic carbocycles. The van der Waals surface area contributed by atoms with Crippen LogP contribution in [0.3, 0.4) is 0 Å². The van der Waals surface area contributed by atoms with Crippen LogP contribution in [-0.2, 0) is 14.3 Å². The number of alkyl halides is 2. The number of para-hydroxylation sites is 2. The second-order valence-electron chi connectivity index (χ2n) is 5.55. The number of rotatable bonds is 8. The van der Waals surface area contributed by atoms with Crippen molar-refractivity contribution in [3.05, 3.63) is 54.1 Å². The maximum atomic E-state index is 12.4. The molecule has 27 heavy (non-hydrogen) atoms.